The molecule has 1 aromatic heterocycles. The van der Waals surface area contributed by atoms with Gasteiger partial charge in [0, 0.05) is 18.8 Å². The van der Waals surface area contributed by atoms with Crippen molar-refractivity contribution in [3.63, 3.8) is 0 Å². The number of nitrogens with one attached hydrogen (secondary N) is 2. The summed E-state index contributed by atoms with van der Waals surface area (Å²) in [5, 5.41) is 5.77. The highest BCUT2D eigenvalue weighted by Gasteiger charge is 2.28. The number of carbonyl (C=O) groups is 1. The van der Waals surface area contributed by atoms with Gasteiger partial charge in [-0.1, -0.05) is 13.8 Å². The number of rotatable bonds is 4. The molecule has 116 valence electrons. The Bertz CT molecular complexity index is 506. The number of nitrogens with zero attached hydrogens (tertiary/aromatic N) is 1. The smallest absolute Gasteiger partial charge is 0.254 e. The molecule has 0 radical (unpaired) electrons. The largest absolute Gasteiger partial charge is 0.368 e. The second kappa shape index (κ2) is 6.41. The zero-order valence-corrected chi connectivity index (χ0v) is 13.0. The summed E-state index contributed by atoms with van der Waals surface area (Å²) in [5.74, 6) is -0.790. The highest BCUT2D eigenvalue weighted by molar-refractivity contribution is 5.95. The van der Waals surface area contributed by atoms with Gasteiger partial charge in [-0.15, -0.1) is 0 Å². The molecule has 5 heteroatoms. The molecule has 1 amide bonds. The molecule has 0 spiro atoms. The van der Waals surface area contributed by atoms with Crippen LogP contribution in [-0.2, 0) is 0 Å². The van der Waals surface area contributed by atoms with Crippen LogP contribution < -0.4 is 10.6 Å². The Morgan fingerprint density at radius 1 is 1.43 bits per heavy atom. The van der Waals surface area contributed by atoms with Gasteiger partial charge in [-0.05, 0) is 44.1 Å². The van der Waals surface area contributed by atoms with Crippen molar-refractivity contribution < 1.29 is 9.18 Å². The maximum absolute atomic E-state index is 14.2. The van der Waals surface area contributed by atoms with Crippen molar-refractivity contribution in [2.75, 3.05) is 11.9 Å². The van der Waals surface area contributed by atoms with E-state index in [4.69, 9.17) is 0 Å². The van der Waals surface area contributed by atoms with Crippen molar-refractivity contribution in [2.45, 2.75) is 52.5 Å². The fourth-order valence-corrected chi connectivity index (χ4v) is 2.72. The molecule has 0 bridgehead atoms. The van der Waals surface area contributed by atoms with E-state index in [1.165, 1.54) is 12.3 Å². The van der Waals surface area contributed by atoms with E-state index < -0.39 is 5.82 Å². The molecular weight excluding hydrogens is 269 g/mol. The monoisotopic (exact) mass is 293 g/mol. The van der Waals surface area contributed by atoms with E-state index in [1.54, 1.807) is 0 Å². The van der Waals surface area contributed by atoms with E-state index in [0.29, 0.717) is 12.0 Å². The fourth-order valence-electron chi connectivity index (χ4n) is 2.72. The summed E-state index contributed by atoms with van der Waals surface area (Å²) in [5.41, 5.74) is 0.409. The van der Waals surface area contributed by atoms with E-state index >= 15 is 0 Å². The summed E-state index contributed by atoms with van der Waals surface area (Å²) in [4.78, 5) is 16.2. The van der Waals surface area contributed by atoms with Gasteiger partial charge in [-0.25, -0.2) is 9.37 Å². The van der Waals surface area contributed by atoms with Crippen molar-refractivity contribution in [3.8, 4) is 0 Å². The first-order valence-corrected chi connectivity index (χ1v) is 7.62. The first-order chi connectivity index (χ1) is 9.93. The third-order valence-electron chi connectivity index (χ3n) is 4.15. The van der Waals surface area contributed by atoms with Crippen molar-refractivity contribution in [3.05, 3.63) is 23.6 Å². The van der Waals surface area contributed by atoms with Crippen LogP contribution in [0.5, 0.6) is 0 Å². The number of halogens is 1. The van der Waals surface area contributed by atoms with Gasteiger partial charge >= 0.3 is 0 Å². The molecule has 21 heavy (non-hydrogen) atoms. The third-order valence-corrected chi connectivity index (χ3v) is 4.15. The Kier molecular flexibility index (Phi) is 4.80. The maximum Gasteiger partial charge on any atom is 0.254 e. The molecule has 1 aromatic rings. The molecule has 0 unspecified atom stereocenters. The third kappa shape index (κ3) is 3.93. The summed E-state index contributed by atoms with van der Waals surface area (Å²) in [6.07, 6.45) is 5.52. The zero-order valence-electron chi connectivity index (χ0n) is 13.0. The summed E-state index contributed by atoms with van der Waals surface area (Å²) < 4.78 is 14.2. The first-order valence-electron chi connectivity index (χ1n) is 7.62. The van der Waals surface area contributed by atoms with Crippen LogP contribution in [0.4, 0.5) is 10.2 Å². The number of carbonyl (C=O) groups excluding carboxylic acids is 1. The Morgan fingerprint density at radius 2 is 2.10 bits per heavy atom. The first kappa shape index (κ1) is 15.7. The van der Waals surface area contributed by atoms with Gasteiger partial charge in [-0.2, -0.15) is 0 Å². The van der Waals surface area contributed by atoms with Crippen LogP contribution in [0.1, 0.15) is 56.8 Å². The average molecular weight is 293 g/mol. The van der Waals surface area contributed by atoms with Gasteiger partial charge in [0.1, 0.15) is 0 Å². The van der Waals surface area contributed by atoms with Crippen molar-refractivity contribution in [1.82, 2.24) is 10.3 Å². The predicted molar refractivity (Wildman–Crippen MR) is 81.9 cm³/mol. The number of hydrogen-bond acceptors (Lipinski definition) is 3. The van der Waals surface area contributed by atoms with E-state index in [0.717, 1.165) is 25.7 Å². The maximum atomic E-state index is 14.2. The molecule has 1 saturated carbocycles. The second-order valence-corrected chi connectivity index (χ2v) is 6.46. The Morgan fingerprint density at radius 3 is 2.71 bits per heavy atom. The van der Waals surface area contributed by atoms with E-state index in [9.17, 15) is 9.18 Å². The molecule has 1 fully saturated rings. The molecular formula is C16H24FN3O. The Hall–Kier alpha value is -1.65. The normalized spacial score (nSPS) is 18.3. The minimum absolute atomic E-state index is 0.0609. The van der Waals surface area contributed by atoms with E-state index in [2.05, 4.69) is 29.5 Å². The van der Waals surface area contributed by atoms with Gasteiger partial charge < -0.3 is 10.6 Å². The van der Waals surface area contributed by atoms with Crippen LogP contribution in [0.2, 0.25) is 0 Å². The van der Waals surface area contributed by atoms with Crippen LogP contribution in [-0.4, -0.2) is 23.5 Å². The number of anilines is 1. The topological polar surface area (TPSA) is 54.0 Å². The Balaban J connectivity index is 2.02. The molecule has 2 N–H and O–H groups in total. The number of pyridine rings is 1. The van der Waals surface area contributed by atoms with Crippen LogP contribution in [0.3, 0.4) is 0 Å². The predicted octanol–water partition coefficient (Wildman–Crippen LogP) is 3.35. The lowest BCUT2D eigenvalue weighted by Crippen LogP contribution is -2.39. The summed E-state index contributed by atoms with van der Waals surface area (Å²) in [6.45, 7) is 6.91. The minimum atomic E-state index is -0.576. The van der Waals surface area contributed by atoms with Gasteiger partial charge in [0.15, 0.2) is 11.6 Å². The number of amides is 1. The van der Waals surface area contributed by atoms with Crippen LogP contribution in [0.15, 0.2) is 12.3 Å². The van der Waals surface area contributed by atoms with Gasteiger partial charge in [0.25, 0.3) is 5.91 Å². The molecule has 0 aliphatic heterocycles. The zero-order chi connectivity index (χ0) is 15.5. The van der Waals surface area contributed by atoms with Gasteiger partial charge in [0.2, 0.25) is 0 Å². The lowest BCUT2D eigenvalue weighted by molar-refractivity contribution is 0.0905. The van der Waals surface area contributed by atoms with Gasteiger partial charge in [0.05, 0.1) is 5.56 Å². The molecule has 0 aromatic carbocycles. The summed E-state index contributed by atoms with van der Waals surface area (Å²) >= 11 is 0. The van der Waals surface area contributed by atoms with Crippen LogP contribution in [0.25, 0.3) is 0 Å². The highest BCUT2D eigenvalue weighted by atomic mass is 19.1. The standard InChI is InChI=1S/C16H24FN3O/c1-4-18-14-13(17)12(7-10-19-14)15(21)20-11-5-8-16(2,3)9-6-11/h7,10-11H,4-6,8-9H2,1-3H3,(H,18,19)(H,20,21). The lowest BCUT2D eigenvalue weighted by Gasteiger charge is -2.34. The molecule has 0 atom stereocenters. The summed E-state index contributed by atoms with van der Waals surface area (Å²) in [7, 11) is 0. The minimum Gasteiger partial charge on any atom is -0.368 e. The quantitative estimate of drug-likeness (QED) is 0.895. The number of aromatic nitrogens is 1. The van der Waals surface area contributed by atoms with Crippen molar-refractivity contribution in [1.29, 1.82) is 0 Å². The van der Waals surface area contributed by atoms with E-state index in [-0.39, 0.29) is 23.3 Å². The lowest BCUT2D eigenvalue weighted by atomic mass is 9.75. The highest BCUT2D eigenvalue weighted by Crippen LogP contribution is 2.35. The number of hydrogen-bond donors (Lipinski definition) is 2. The van der Waals surface area contributed by atoms with Crippen LogP contribution in [0, 0.1) is 11.2 Å². The fraction of sp³-hybridized carbons (Fsp3) is 0.625. The average Bonchev–Trinajstić information content (AvgIpc) is 2.43. The summed E-state index contributed by atoms with van der Waals surface area (Å²) in [6, 6.07) is 1.57. The molecule has 1 aliphatic rings. The Labute approximate surface area is 125 Å². The van der Waals surface area contributed by atoms with Gasteiger partial charge in [-0.3, -0.25) is 4.79 Å². The van der Waals surface area contributed by atoms with Crippen LogP contribution >= 0.6 is 0 Å². The van der Waals surface area contributed by atoms with Crippen molar-refractivity contribution in [2.24, 2.45) is 5.41 Å². The SMILES string of the molecule is CCNc1nccc(C(=O)NC2CCC(C)(C)CC2)c1F. The van der Waals surface area contributed by atoms with Crippen molar-refractivity contribution >= 4 is 11.7 Å². The van der Waals surface area contributed by atoms with E-state index in [1.807, 2.05) is 6.92 Å². The molecule has 0 saturated heterocycles. The molecule has 1 heterocycles. The molecule has 1 aliphatic carbocycles. The molecule has 2 rings (SSSR count). The molecule has 4 nitrogen and oxygen atoms in total. The second-order valence-electron chi connectivity index (χ2n) is 6.46.